The highest BCUT2D eigenvalue weighted by Crippen LogP contribution is 2.34. The predicted octanol–water partition coefficient (Wildman–Crippen LogP) is 4.28. The van der Waals surface area contributed by atoms with Crippen molar-refractivity contribution in [3.63, 3.8) is 0 Å². The molecule has 27 heavy (non-hydrogen) atoms. The first kappa shape index (κ1) is 19.5. The molecule has 8 heteroatoms. The summed E-state index contributed by atoms with van der Waals surface area (Å²) >= 11 is 7.18. The van der Waals surface area contributed by atoms with Crippen molar-refractivity contribution in [2.75, 3.05) is 18.5 Å². The van der Waals surface area contributed by atoms with Gasteiger partial charge in [-0.15, -0.1) is 11.3 Å². The van der Waals surface area contributed by atoms with Gasteiger partial charge in [-0.1, -0.05) is 23.7 Å². The van der Waals surface area contributed by atoms with Crippen LogP contribution in [0.2, 0.25) is 5.02 Å². The first-order chi connectivity index (χ1) is 12.9. The largest absolute Gasteiger partial charge is 0.462 e. The standard InChI is InChI=1S/C19H20ClN3O3S/c1-4-26-19(25)16-10(2)15-17(22-11(3)23-18(15)27-16)21-9-14(24)12-5-7-13(20)8-6-12/h5-8,14,24H,4,9H2,1-3H3,(H,21,22,23). The Balaban J connectivity index is 1.89. The van der Waals surface area contributed by atoms with Crippen molar-refractivity contribution in [1.82, 2.24) is 9.97 Å². The number of nitrogens with one attached hydrogen (secondary N) is 1. The van der Waals surface area contributed by atoms with E-state index in [0.717, 1.165) is 16.5 Å². The number of aryl methyl sites for hydroxylation is 2. The van der Waals surface area contributed by atoms with Gasteiger partial charge in [-0.25, -0.2) is 14.8 Å². The van der Waals surface area contributed by atoms with Crippen molar-refractivity contribution in [3.8, 4) is 0 Å². The van der Waals surface area contributed by atoms with E-state index in [2.05, 4.69) is 15.3 Å². The Morgan fingerprint density at radius 1 is 1.30 bits per heavy atom. The molecule has 0 saturated heterocycles. The van der Waals surface area contributed by atoms with E-state index in [0.29, 0.717) is 33.0 Å². The summed E-state index contributed by atoms with van der Waals surface area (Å²) < 4.78 is 5.13. The minimum absolute atomic E-state index is 0.261. The van der Waals surface area contributed by atoms with E-state index in [1.54, 1.807) is 38.1 Å². The minimum atomic E-state index is -0.726. The summed E-state index contributed by atoms with van der Waals surface area (Å²) in [5.41, 5.74) is 1.53. The number of ether oxygens (including phenoxy) is 1. The highest BCUT2D eigenvalue weighted by atomic mass is 35.5. The van der Waals surface area contributed by atoms with Crippen LogP contribution in [0, 0.1) is 13.8 Å². The number of aliphatic hydroxyl groups is 1. The topological polar surface area (TPSA) is 84.3 Å². The smallest absolute Gasteiger partial charge is 0.348 e. The molecule has 0 saturated carbocycles. The van der Waals surface area contributed by atoms with Crippen molar-refractivity contribution in [1.29, 1.82) is 0 Å². The fourth-order valence-corrected chi connectivity index (χ4v) is 4.01. The third-order valence-corrected chi connectivity index (χ3v) is 5.50. The van der Waals surface area contributed by atoms with Gasteiger partial charge in [-0.2, -0.15) is 0 Å². The van der Waals surface area contributed by atoms with E-state index in [1.807, 2.05) is 6.92 Å². The average molecular weight is 406 g/mol. The first-order valence-electron chi connectivity index (χ1n) is 8.53. The summed E-state index contributed by atoms with van der Waals surface area (Å²) in [5.74, 6) is 0.820. The van der Waals surface area contributed by atoms with Gasteiger partial charge in [0.1, 0.15) is 21.3 Å². The molecular weight excluding hydrogens is 386 g/mol. The van der Waals surface area contributed by atoms with Crippen LogP contribution in [-0.2, 0) is 4.74 Å². The van der Waals surface area contributed by atoms with Crippen LogP contribution < -0.4 is 5.32 Å². The average Bonchev–Trinajstić information content (AvgIpc) is 2.96. The molecule has 1 atom stereocenters. The molecular formula is C19H20ClN3O3S. The monoisotopic (exact) mass is 405 g/mol. The van der Waals surface area contributed by atoms with Crippen LogP contribution >= 0.6 is 22.9 Å². The number of hydrogen-bond donors (Lipinski definition) is 2. The van der Waals surface area contributed by atoms with E-state index < -0.39 is 6.10 Å². The minimum Gasteiger partial charge on any atom is -0.462 e. The van der Waals surface area contributed by atoms with Crippen molar-refractivity contribution in [3.05, 3.63) is 51.1 Å². The van der Waals surface area contributed by atoms with Crippen LogP contribution in [0.4, 0.5) is 5.82 Å². The highest BCUT2D eigenvalue weighted by Gasteiger charge is 2.21. The molecule has 3 aromatic rings. The van der Waals surface area contributed by atoms with Gasteiger partial charge in [-0.3, -0.25) is 0 Å². The molecule has 6 nitrogen and oxygen atoms in total. The molecule has 1 aromatic carbocycles. The zero-order valence-corrected chi connectivity index (χ0v) is 16.8. The number of fused-ring (bicyclic) bond motifs is 1. The lowest BCUT2D eigenvalue weighted by atomic mass is 10.1. The second-order valence-corrected chi connectivity index (χ2v) is 7.46. The molecule has 0 fully saturated rings. The van der Waals surface area contributed by atoms with Crippen LogP contribution in [0.25, 0.3) is 10.2 Å². The zero-order chi connectivity index (χ0) is 19.6. The van der Waals surface area contributed by atoms with E-state index in [4.69, 9.17) is 16.3 Å². The normalized spacial score (nSPS) is 12.2. The molecule has 2 N–H and O–H groups in total. The lowest BCUT2D eigenvalue weighted by molar-refractivity contribution is 0.0531. The lowest BCUT2D eigenvalue weighted by Crippen LogP contribution is -2.14. The highest BCUT2D eigenvalue weighted by molar-refractivity contribution is 7.20. The predicted molar refractivity (Wildman–Crippen MR) is 108 cm³/mol. The first-order valence-corrected chi connectivity index (χ1v) is 9.72. The molecule has 0 spiro atoms. The number of thiophene rings is 1. The van der Waals surface area contributed by atoms with Gasteiger partial charge in [0.25, 0.3) is 0 Å². The maximum Gasteiger partial charge on any atom is 0.348 e. The number of hydrogen-bond acceptors (Lipinski definition) is 7. The number of halogens is 1. The Morgan fingerprint density at radius 3 is 2.67 bits per heavy atom. The third kappa shape index (κ3) is 4.21. The molecule has 1 unspecified atom stereocenters. The van der Waals surface area contributed by atoms with Crippen LogP contribution in [0.1, 0.15) is 39.7 Å². The number of nitrogens with zero attached hydrogens (tertiary/aromatic N) is 2. The summed E-state index contributed by atoms with van der Waals surface area (Å²) in [7, 11) is 0. The molecule has 2 heterocycles. The Kier molecular flexibility index (Phi) is 5.94. The maximum atomic E-state index is 12.2. The molecule has 3 rings (SSSR count). The zero-order valence-electron chi connectivity index (χ0n) is 15.2. The molecule has 0 aliphatic carbocycles. The second-order valence-electron chi connectivity index (χ2n) is 6.02. The lowest BCUT2D eigenvalue weighted by Gasteiger charge is -2.14. The number of aromatic nitrogens is 2. The van der Waals surface area contributed by atoms with E-state index in [-0.39, 0.29) is 12.5 Å². The van der Waals surface area contributed by atoms with Crippen molar-refractivity contribution < 1.29 is 14.6 Å². The molecule has 2 aromatic heterocycles. The van der Waals surface area contributed by atoms with Crippen LogP contribution in [0.5, 0.6) is 0 Å². The number of anilines is 1. The number of aliphatic hydroxyl groups excluding tert-OH is 1. The van der Waals surface area contributed by atoms with Crippen LogP contribution in [-0.4, -0.2) is 34.2 Å². The summed E-state index contributed by atoms with van der Waals surface area (Å²) in [5, 5.41) is 15.0. The number of carbonyl (C=O) groups excluding carboxylic acids is 1. The van der Waals surface area contributed by atoms with Gasteiger partial charge in [-0.05, 0) is 44.0 Å². The summed E-state index contributed by atoms with van der Waals surface area (Å²) in [6.07, 6.45) is -0.726. The number of benzene rings is 1. The number of esters is 1. The van der Waals surface area contributed by atoms with Crippen LogP contribution in [0.15, 0.2) is 24.3 Å². The van der Waals surface area contributed by atoms with Gasteiger partial charge < -0.3 is 15.2 Å². The molecule has 0 aliphatic heterocycles. The van der Waals surface area contributed by atoms with Crippen molar-refractivity contribution in [2.24, 2.45) is 0 Å². The van der Waals surface area contributed by atoms with E-state index >= 15 is 0 Å². The number of carbonyl (C=O) groups is 1. The summed E-state index contributed by atoms with van der Waals surface area (Å²) in [4.78, 5) is 22.3. The van der Waals surface area contributed by atoms with Gasteiger partial charge in [0, 0.05) is 11.6 Å². The molecule has 0 radical (unpaired) electrons. The molecule has 0 aliphatic rings. The Bertz CT molecular complexity index is 972. The van der Waals surface area contributed by atoms with Gasteiger partial charge in [0.05, 0.1) is 18.1 Å². The van der Waals surface area contributed by atoms with Crippen molar-refractivity contribution in [2.45, 2.75) is 26.9 Å². The summed E-state index contributed by atoms with van der Waals surface area (Å²) in [6, 6.07) is 7.04. The molecule has 0 bridgehead atoms. The maximum absolute atomic E-state index is 12.2. The van der Waals surface area contributed by atoms with Crippen LogP contribution in [0.3, 0.4) is 0 Å². The second kappa shape index (κ2) is 8.21. The fraction of sp³-hybridized carbons (Fsp3) is 0.316. The molecule has 0 amide bonds. The Morgan fingerprint density at radius 2 is 2.00 bits per heavy atom. The van der Waals surface area contributed by atoms with E-state index in [1.165, 1.54) is 11.3 Å². The Hall–Kier alpha value is -2.22. The summed E-state index contributed by atoms with van der Waals surface area (Å²) in [6.45, 7) is 5.99. The SMILES string of the molecule is CCOC(=O)c1sc2nc(C)nc(NCC(O)c3ccc(Cl)cc3)c2c1C. The number of rotatable bonds is 6. The third-order valence-electron chi connectivity index (χ3n) is 4.08. The van der Waals surface area contributed by atoms with Gasteiger partial charge >= 0.3 is 5.97 Å². The van der Waals surface area contributed by atoms with Crippen molar-refractivity contribution >= 4 is 44.9 Å². The molecule has 142 valence electrons. The van der Waals surface area contributed by atoms with E-state index in [9.17, 15) is 9.90 Å². The Labute approximate surface area is 166 Å². The van der Waals surface area contributed by atoms with Gasteiger partial charge in [0.2, 0.25) is 0 Å². The van der Waals surface area contributed by atoms with Gasteiger partial charge in [0.15, 0.2) is 0 Å². The quantitative estimate of drug-likeness (QED) is 0.595. The fourth-order valence-electron chi connectivity index (χ4n) is 2.76.